The molecule has 0 amide bonds. The first kappa shape index (κ1) is 12.1. The molecular formula is C7H16N2O. The summed E-state index contributed by atoms with van der Waals surface area (Å²) >= 11 is 0. The van der Waals surface area contributed by atoms with Crippen LogP contribution >= 0.6 is 0 Å². The van der Waals surface area contributed by atoms with E-state index in [4.69, 9.17) is 10.2 Å². The topological polar surface area (TPSA) is 44.2 Å². The molecule has 3 heteroatoms. The Hall–Kier alpha value is -0.660. The quantitative estimate of drug-likeness (QED) is 0.478. The normalized spacial score (nSPS) is 8.00. The second-order valence-corrected chi connectivity index (χ2v) is 1.72. The number of isocyanates is 1. The molecule has 0 radical (unpaired) electrons. The molecule has 0 aliphatic heterocycles. The summed E-state index contributed by atoms with van der Waals surface area (Å²) in [4.78, 5) is 10.7. The number of hydrogen-bond acceptors (Lipinski definition) is 3. The first-order valence-electron chi connectivity index (χ1n) is 3.52. The summed E-state index contributed by atoms with van der Waals surface area (Å²) in [5, 5.41) is 5.40. The van der Waals surface area contributed by atoms with Crippen LogP contribution in [0.25, 0.3) is 0 Å². The predicted octanol–water partition coefficient (Wildman–Crippen LogP) is 1.25. The van der Waals surface area contributed by atoms with Crippen molar-refractivity contribution in [1.82, 2.24) is 4.90 Å². The average molecular weight is 144 g/mol. The van der Waals surface area contributed by atoms with Crippen LogP contribution in [0, 0.1) is 5.41 Å². The Balaban J connectivity index is 0. The highest BCUT2D eigenvalue weighted by Crippen LogP contribution is 1.81. The van der Waals surface area contributed by atoms with Gasteiger partial charge in [0, 0.05) is 0 Å². The summed E-state index contributed by atoms with van der Waals surface area (Å²) in [7, 11) is 0. The molecule has 0 spiro atoms. The maximum absolute atomic E-state index is 8.35. The van der Waals surface area contributed by atoms with E-state index < -0.39 is 0 Å². The van der Waals surface area contributed by atoms with Crippen LogP contribution in [0.5, 0.6) is 0 Å². The summed E-state index contributed by atoms with van der Waals surface area (Å²) in [6.45, 7) is 10.1. The Labute approximate surface area is 62.5 Å². The first-order chi connectivity index (χ1) is 4.76. The number of hydrogen-bond donors (Lipinski definition) is 1. The van der Waals surface area contributed by atoms with Gasteiger partial charge in [-0.2, -0.15) is 0 Å². The Morgan fingerprint density at radius 1 is 1.20 bits per heavy atom. The minimum Gasteiger partial charge on any atom is -0.304 e. The van der Waals surface area contributed by atoms with Crippen molar-refractivity contribution in [2.24, 2.45) is 0 Å². The van der Waals surface area contributed by atoms with Crippen LogP contribution in [0.4, 0.5) is 0 Å². The highest BCUT2D eigenvalue weighted by molar-refractivity contribution is 5.26. The van der Waals surface area contributed by atoms with E-state index in [0.717, 1.165) is 6.08 Å². The van der Waals surface area contributed by atoms with Crippen LogP contribution < -0.4 is 0 Å². The lowest BCUT2D eigenvalue weighted by molar-refractivity contribution is 0.321. The molecule has 0 saturated heterocycles. The van der Waals surface area contributed by atoms with Gasteiger partial charge in [-0.25, -0.2) is 10.2 Å². The van der Waals surface area contributed by atoms with Crippen molar-refractivity contribution in [3.8, 4) is 0 Å². The van der Waals surface area contributed by atoms with E-state index in [1.54, 1.807) is 0 Å². The maximum Gasteiger partial charge on any atom is 0.231 e. The van der Waals surface area contributed by atoms with E-state index in [1.165, 1.54) is 19.6 Å². The summed E-state index contributed by atoms with van der Waals surface area (Å²) in [6, 6.07) is 0. The summed E-state index contributed by atoms with van der Waals surface area (Å²) < 4.78 is 0. The Bertz CT molecular complexity index is 78.1. The lowest BCUT2D eigenvalue weighted by Gasteiger charge is -2.13. The number of carbonyl (C=O) groups excluding carboxylic acids is 1. The molecule has 0 saturated carbocycles. The van der Waals surface area contributed by atoms with E-state index in [9.17, 15) is 0 Å². The monoisotopic (exact) mass is 144 g/mol. The van der Waals surface area contributed by atoms with Crippen molar-refractivity contribution >= 4 is 6.08 Å². The molecule has 0 aliphatic rings. The van der Waals surface area contributed by atoms with Gasteiger partial charge in [-0.05, 0) is 19.6 Å². The molecule has 0 aromatic carbocycles. The summed E-state index contributed by atoms with van der Waals surface area (Å²) in [5.41, 5.74) is 0. The van der Waals surface area contributed by atoms with Crippen molar-refractivity contribution in [2.45, 2.75) is 20.8 Å². The van der Waals surface area contributed by atoms with Gasteiger partial charge in [-0.3, -0.25) is 0 Å². The van der Waals surface area contributed by atoms with Crippen LogP contribution in [0.15, 0.2) is 0 Å². The molecule has 0 aromatic heterocycles. The molecule has 0 fully saturated rings. The first-order valence-corrected chi connectivity index (χ1v) is 3.52. The second kappa shape index (κ2) is 11.2. The van der Waals surface area contributed by atoms with Gasteiger partial charge in [0.1, 0.15) is 0 Å². The van der Waals surface area contributed by atoms with Gasteiger partial charge in [-0.1, -0.05) is 20.8 Å². The van der Waals surface area contributed by atoms with Crippen LogP contribution in [0.3, 0.4) is 0 Å². The van der Waals surface area contributed by atoms with E-state index >= 15 is 0 Å². The third-order valence-corrected chi connectivity index (χ3v) is 1.34. The zero-order valence-corrected chi connectivity index (χ0v) is 6.98. The van der Waals surface area contributed by atoms with Gasteiger partial charge in [0.2, 0.25) is 6.08 Å². The lowest BCUT2D eigenvalue weighted by Crippen LogP contribution is -2.21. The zero-order chi connectivity index (χ0) is 8.41. The zero-order valence-electron chi connectivity index (χ0n) is 6.98. The molecule has 0 atom stereocenters. The fraction of sp³-hybridized carbons (Fsp3) is 0.857. The molecule has 0 heterocycles. The molecule has 0 bridgehead atoms. The molecule has 0 aromatic rings. The standard InChI is InChI=1S/C6H15N.CHNO/c1-4-7(5-2)6-3;2-1-3/h4-6H2,1-3H3;2H. The van der Waals surface area contributed by atoms with Crippen LogP contribution in [-0.4, -0.2) is 30.6 Å². The fourth-order valence-corrected chi connectivity index (χ4v) is 0.671. The summed E-state index contributed by atoms with van der Waals surface area (Å²) in [5.74, 6) is 0. The number of nitrogens with zero attached hydrogens (tertiary/aromatic N) is 1. The van der Waals surface area contributed by atoms with Gasteiger partial charge in [0.25, 0.3) is 0 Å². The highest BCUT2D eigenvalue weighted by atomic mass is 16.1. The highest BCUT2D eigenvalue weighted by Gasteiger charge is 1.89. The van der Waals surface area contributed by atoms with E-state index in [2.05, 4.69) is 25.7 Å². The summed E-state index contributed by atoms with van der Waals surface area (Å²) in [6.07, 6.45) is 0.750. The van der Waals surface area contributed by atoms with Gasteiger partial charge in [0.05, 0.1) is 0 Å². The molecule has 0 aliphatic carbocycles. The van der Waals surface area contributed by atoms with Gasteiger partial charge in [0.15, 0.2) is 0 Å². The minimum atomic E-state index is 0.750. The average Bonchev–Trinajstić information content (AvgIpc) is 1.93. The fourth-order valence-electron chi connectivity index (χ4n) is 0.671. The van der Waals surface area contributed by atoms with Crippen molar-refractivity contribution in [2.75, 3.05) is 19.6 Å². The number of rotatable bonds is 3. The van der Waals surface area contributed by atoms with Gasteiger partial charge >= 0.3 is 0 Å². The van der Waals surface area contributed by atoms with Crippen LogP contribution in [0.1, 0.15) is 20.8 Å². The molecular weight excluding hydrogens is 128 g/mol. The SMILES string of the molecule is CCN(CC)CC.N=C=O. The predicted molar refractivity (Wildman–Crippen MR) is 41.9 cm³/mol. The van der Waals surface area contributed by atoms with Crippen molar-refractivity contribution in [3.63, 3.8) is 0 Å². The lowest BCUT2D eigenvalue weighted by atomic mass is 10.5. The van der Waals surface area contributed by atoms with Crippen LogP contribution in [0.2, 0.25) is 0 Å². The van der Waals surface area contributed by atoms with Crippen molar-refractivity contribution in [1.29, 1.82) is 5.41 Å². The molecule has 0 unspecified atom stereocenters. The molecule has 60 valence electrons. The second-order valence-electron chi connectivity index (χ2n) is 1.72. The molecule has 3 nitrogen and oxygen atoms in total. The Kier molecular flexibility index (Phi) is 13.5. The van der Waals surface area contributed by atoms with E-state index in [-0.39, 0.29) is 0 Å². The minimum absolute atomic E-state index is 0.750. The molecule has 1 N–H and O–H groups in total. The number of nitrogens with one attached hydrogen (secondary N) is 1. The van der Waals surface area contributed by atoms with Crippen molar-refractivity contribution in [3.05, 3.63) is 0 Å². The third-order valence-electron chi connectivity index (χ3n) is 1.34. The Morgan fingerprint density at radius 2 is 1.40 bits per heavy atom. The maximum atomic E-state index is 8.35. The smallest absolute Gasteiger partial charge is 0.231 e. The largest absolute Gasteiger partial charge is 0.304 e. The third kappa shape index (κ3) is 10.3. The van der Waals surface area contributed by atoms with Crippen LogP contribution in [-0.2, 0) is 4.79 Å². The van der Waals surface area contributed by atoms with Crippen molar-refractivity contribution < 1.29 is 4.79 Å². The van der Waals surface area contributed by atoms with E-state index in [1.807, 2.05) is 0 Å². The Morgan fingerprint density at radius 3 is 1.40 bits per heavy atom. The van der Waals surface area contributed by atoms with Gasteiger partial charge in [-0.15, -0.1) is 0 Å². The molecule has 10 heavy (non-hydrogen) atoms. The van der Waals surface area contributed by atoms with E-state index in [0.29, 0.717) is 0 Å². The van der Waals surface area contributed by atoms with Gasteiger partial charge < -0.3 is 4.90 Å². The molecule has 0 rings (SSSR count).